The molecule has 0 fully saturated rings. The number of halogens is 6. The van der Waals surface area contributed by atoms with E-state index in [4.69, 9.17) is 16.4 Å². The third kappa shape index (κ3) is 6.52. The molecule has 0 amide bonds. The summed E-state index contributed by atoms with van der Waals surface area (Å²) >= 11 is 5.72. The number of rotatable bonds is 7. The van der Waals surface area contributed by atoms with Gasteiger partial charge in [-0.05, 0) is 60.4 Å². The number of alkyl halides is 3. The lowest BCUT2D eigenvalue weighted by atomic mass is 9.95. The first kappa shape index (κ1) is 24.7. The van der Waals surface area contributed by atoms with Gasteiger partial charge in [0.2, 0.25) is 0 Å². The molecule has 0 saturated carbocycles. The van der Waals surface area contributed by atoms with Crippen molar-refractivity contribution >= 4 is 23.4 Å². The molecule has 0 radical (unpaired) electrons. The van der Waals surface area contributed by atoms with Crippen LogP contribution >= 0.6 is 11.6 Å². The molecule has 3 rings (SSSR count). The highest BCUT2D eigenvalue weighted by molar-refractivity contribution is 6.30. The summed E-state index contributed by atoms with van der Waals surface area (Å²) in [5, 5.41) is -0.393. The molecule has 3 nitrogen and oxygen atoms in total. The quantitative estimate of drug-likeness (QED) is 0.279. The number of pyridine rings is 1. The van der Waals surface area contributed by atoms with Gasteiger partial charge < -0.3 is 0 Å². The summed E-state index contributed by atoms with van der Waals surface area (Å²) in [5.41, 5.74) is 4.14. The predicted octanol–water partition coefficient (Wildman–Crippen LogP) is 7.53. The van der Waals surface area contributed by atoms with E-state index in [1.807, 2.05) is 19.1 Å². The number of hydrogen-bond acceptors (Lipinski definition) is 3. The molecule has 0 spiro atoms. The number of aromatic nitrogens is 1. The summed E-state index contributed by atoms with van der Waals surface area (Å²) in [4.78, 5) is 9.39. The standard InChI is InChI=1S/C24H20ClF5N2O/c1-14-9-18(11-20(25)23(14)27)19(24(28,29)30)7-5-16-6-8-22(21(26)10-16)32-33-13-17-4-3-15(2)31-12-17/h3-12,19,32H,13H2,1-2H3/b7-5+. The molecule has 33 heavy (non-hydrogen) atoms. The highest BCUT2D eigenvalue weighted by Crippen LogP contribution is 2.38. The summed E-state index contributed by atoms with van der Waals surface area (Å²) in [6, 6.07) is 9.54. The van der Waals surface area contributed by atoms with Gasteiger partial charge in [-0.2, -0.15) is 13.2 Å². The normalized spacial score (nSPS) is 12.8. The highest BCUT2D eigenvalue weighted by atomic mass is 35.5. The van der Waals surface area contributed by atoms with Crippen molar-refractivity contribution in [2.75, 3.05) is 5.48 Å². The molecule has 0 aliphatic carbocycles. The molecule has 0 bridgehead atoms. The molecule has 0 saturated heterocycles. The first-order chi connectivity index (χ1) is 15.5. The highest BCUT2D eigenvalue weighted by Gasteiger charge is 2.39. The van der Waals surface area contributed by atoms with Crippen molar-refractivity contribution in [2.45, 2.75) is 32.5 Å². The van der Waals surface area contributed by atoms with Gasteiger partial charge in [0.25, 0.3) is 0 Å². The monoisotopic (exact) mass is 482 g/mol. The number of aryl methyl sites for hydroxylation is 2. The summed E-state index contributed by atoms with van der Waals surface area (Å²) in [7, 11) is 0. The topological polar surface area (TPSA) is 34.1 Å². The first-order valence-electron chi connectivity index (χ1n) is 9.84. The van der Waals surface area contributed by atoms with Gasteiger partial charge in [0.15, 0.2) is 0 Å². The third-order valence-corrected chi connectivity index (χ3v) is 5.09. The van der Waals surface area contributed by atoms with Crippen LogP contribution in [0.2, 0.25) is 5.02 Å². The van der Waals surface area contributed by atoms with Gasteiger partial charge in [-0.3, -0.25) is 15.3 Å². The molecule has 174 valence electrons. The Hall–Kier alpha value is -2.97. The Labute approximate surface area is 192 Å². The van der Waals surface area contributed by atoms with E-state index < -0.39 is 28.8 Å². The number of nitrogens with one attached hydrogen (secondary N) is 1. The Balaban J connectivity index is 1.72. The average Bonchev–Trinajstić information content (AvgIpc) is 2.74. The molecule has 0 aliphatic heterocycles. The number of hydrogen-bond donors (Lipinski definition) is 1. The fourth-order valence-corrected chi connectivity index (χ4v) is 3.32. The minimum Gasteiger partial charge on any atom is -0.271 e. The zero-order valence-corrected chi connectivity index (χ0v) is 18.4. The summed E-state index contributed by atoms with van der Waals surface area (Å²) in [6.45, 7) is 3.32. The van der Waals surface area contributed by atoms with Crippen LogP contribution < -0.4 is 5.48 Å². The van der Waals surface area contributed by atoms with E-state index in [2.05, 4.69) is 10.5 Å². The molecular formula is C24H20ClF5N2O. The molecule has 0 aliphatic rings. The average molecular weight is 483 g/mol. The van der Waals surface area contributed by atoms with Crippen molar-refractivity contribution in [2.24, 2.45) is 0 Å². The van der Waals surface area contributed by atoms with E-state index in [0.717, 1.165) is 41.6 Å². The van der Waals surface area contributed by atoms with E-state index in [1.165, 1.54) is 19.1 Å². The molecule has 3 aromatic rings. The number of nitrogens with zero attached hydrogens (tertiary/aromatic N) is 1. The summed E-state index contributed by atoms with van der Waals surface area (Å²) in [6.07, 6.45) is -0.987. The first-order valence-corrected chi connectivity index (χ1v) is 10.2. The van der Waals surface area contributed by atoms with Gasteiger partial charge in [0.05, 0.1) is 16.6 Å². The lowest BCUT2D eigenvalue weighted by Gasteiger charge is -2.18. The van der Waals surface area contributed by atoms with Crippen LogP contribution in [0.15, 0.2) is 54.7 Å². The molecule has 1 N–H and O–H groups in total. The lowest BCUT2D eigenvalue weighted by Crippen LogP contribution is -2.19. The number of allylic oxidation sites excluding steroid dienone is 1. The van der Waals surface area contributed by atoms with E-state index in [1.54, 1.807) is 6.20 Å². The summed E-state index contributed by atoms with van der Waals surface area (Å²) in [5.74, 6) is -3.51. The maximum absolute atomic E-state index is 14.4. The van der Waals surface area contributed by atoms with Crippen molar-refractivity contribution in [1.29, 1.82) is 0 Å². The van der Waals surface area contributed by atoms with Gasteiger partial charge >= 0.3 is 6.18 Å². The van der Waals surface area contributed by atoms with E-state index in [9.17, 15) is 22.0 Å². The maximum atomic E-state index is 14.4. The van der Waals surface area contributed by atoms with Gasteiger partial charge in [0.1, 0.15) is 18.2 Å². The lowest BCUT2D eigenvalue weighted by molar-refractivity contribution is -0.139. The van der Waals surface area contributed by atoms with Crippen LogP contribution in [0.25, 0.3) is 6.08 Å². The second-order valence-electron chi connectivity index (χ2n) is 7.45. The van der Waals surface area contributed by atoms with Crippen molar-refractivity contribution in [1.82, 2.24) is 4.98 Å². The molecule has 1 atom stereocenters. The Morgan fingerprint density at radius 3 is 2.45 bits per heavy atom. The Kier molecular flexibility index (Phi) is 7.71. The van der Waals surface area contributed by atoms with Crippen LogP contribution in [-0.4, -0.2) is 11.2 Å². The summed E-state index contributed by atoms with van der Waals surface area (Å²) < 4.78 is 69.0. The predicted molar refractivity (Wildman–Crippen MR) is 118 cm³/mol. The van der Waals surface area contributed by atoms with Crippen molar-refractivity contribution in [3.05, 3.63) is 99.3 Å². The Morgan fingerprint density at radius 1 is 1.09 bits per heavy atom. The SMILES string of the molecule is Cc1ccc(CONc2ccc(/C=C/C(c3cc(C)c(F)c(Cl)c3)C(F)(F)F)cc2F)cn1. The van der Waals surface area contributed by atoms with Crippen molar-refractivity contribution in [3.63, 3.8) is 0 Å². The second-order valence-corrected chi connectivity index (χ2v) is 7.86. The van der Waals surface area contributed by atoms with Gasteiger partial charge in [-0.1, -0.05) is 42.0 Å². The van der Waals surface area contributed by atoms with Crippen LogP contribution in [0.4, 0.5) is 27.6 Å². The smallest absolute Gasteiger partial charge is 0.271 e. The van der Waals surface area contributed by atoms with Gasteiger partial charge in [0, 0.05) is 11.9 Å². The molecule has 9 heteroatoms. The minimum absolute atomic E-state index is 0.00282. The minimum atomic E-state index is -4.65. The van der Waals surface area contributed by atoms with E-state index >= 15 is 0 Å². The largest absolute Gasteiger partial charge is 0.399 e. The zero-order chi connectivity index (χ0) is 24.2. The number of anilines is 1. The van der Waals surface area contributed by atoms with Crippen LogP contribution in [0.1, 0.15) is 33.9 Å². The van der Waals surface area contributed by atoms with Crippen LogP contribution in [0.3, 0.4) is 0 Å². The second kappa shape index (κ2) is 10.3. The maximum Gasteiger partial charge on any atom is 0.399 e. The van der Waals surface area contributed by atoms with Gasteiger partial charge in [-0.15, -0.1) is 0 Å². The van der Waals surface area contributed by atoms with Gasteiger partial charge in [-0.25, -0.2) is 8.78 Å². The van der Waals surface area contributed by atoms with E-state index in [-0.39, 0.29) is 29.0 Å². The van der Waals surface area contributed by atoms with Crippen LogP contribution in [0.5, 0.6) is 0 Å². The fourth-order valence-electron chi connectivity index (χ4n) is 3.05. The third-order valence-electron chi connectivity index (χ3n) is 4.81. The molecular weight excluding hydrogens is 463 g/mol. The molecule has 1 aromatic heterocycles. The Bertz CT molecular complexity index is 1120. The molecule has 2 aromatic carbocycles. The van der Waals surface area contributed by atoms with Crippen LogP contribution in [0, 0.1) is 25.5 Å². The zero-order valence-electron chi connectivity index (χ0n) is 17.7. The molecule has 1 heterocycles. The van der Waals surface area contributed by atoms with Crippen LogP contribution in [-0.2, 0) is 11.4 Å². The molecule has 1 unspecified atom stereocenters. The van der Waals surface area contributed by atoms with Crippen molar-refractivity contribution in [3.8, 4) is 0 Å². The van der Waals surface area contributed by atoms with Crippen molar-refractivity contribution < 1.29 is 26.8 Å². The van der Waals surface area contributed by atoms with E-state index in [0.29, 0.717) is 0 Å². The number of benzene rings is 2. The Morgan fingerprint density at radius 2 is 1.85 bits per heavy atom. The fraction of sp³-hybridized carbons (Fsp3) is 0.208.